The van der Waals surface area contributed by atoms with E-state index in [1.807, 2.05) is 0 Å². The average molecular weight is 198 g/mol. The van der Waals surface area contributed by atoms with Gasteiger partial charge in [0.15, 0.2) is 0 Å². The van der Waals surface area contributed by atoms with Crippen LogP contribution in [0.3, 0.4) is 0 Å². The topological polar surface area (TPSA) is 20.2 Å². The van der Waals surface area contributed by atoms with Gasteiger partial charge in [-0.05, 0) is 40.6 Å². The minimum absolute atomic E-state index is 0.199. The quantitative estimate of drug-likeness (QED) is 0.791. The van der Waals surface area contributed by atoms with Gasteiger partial charge >= 0.3 is 0 Å². The first kappa shape index (κ1) is 10.7. The Morgan fingerprint density at radius 3 is 2.62 bits per heavy atom. The number of hydrogen-bond donors (Lipinski definition) is 1. The Labute approximate surface area is 84.4 Å². The molecule has 1 atom stereocenters. The Bertz CT molecular complexity index is 233. The predicted octanol–water partition coefficient (Wildman–Crippen LogP) is 3.09. The van der Waals surface area contributed by atoms with Crippen molar-refractivity contribution in [3.05, 3.63) is 22.4 Å². The molecule has 0 aliphatic carbocycles. The fourth-order valence-electron chi connectivity index (χ4n) is 1.46. The first-order valence-corrected chi connectivity index (χ1v) is 5.61. The molecule has 0 aliphatic rings. The van der Waals surface area contributed by atoms with Crippen molar-refractivity contribution >= 4 is 11.3 Å². The van der Waals surface area contributed by atoms with Crippen LogP contribution in [0.4, 0.5) is 0 Å². The summed E-state index contributed by atoms with van der Waals surface area (Å²) in [4.78, 5) is 0. The second-order valence-electron chi connectivity index (χ2n) is 4.75. The molecule has 0 amide bonds. The van der Waals surface area contributed by atoms with Gasteiger partial charge in [0.2, 0.25) is 0 Å². The molecule has 0 aliphatic heterocycles. The van der Waals surface area contributed by atoms with Gasteiger partial charge < -0.3 is 5.11 Å². The molecule has 13 heavy (non-hydrogen) atoms. The molecule has 2 heteroatoms. The first-order chi connectivity index (χ1) is 5.97. The fraction of sp³-hybridized carbons (Fsp3) is 0.636. The van der Waals surface area contributed by atoms with Crippen molar-refractivity contribution in [1.29, 1.82) is 0 Å². The Hall–Kier alpha value is -0.340. The van der Waals surface area contributed by atoms with Gasteiger partial charge in [-0.25, -0.2) is 0 Å². The van der Waals surface area contributed by atoms with E-state index in [9.17, 15) is 5.11 Å². The molecule has 1 N–H and O–H groups in total. The van der Waals surface area contributed by atoms with Crippen molar-refractivity contribution in [1.82, 2.24) is 0 Å². The number of thiophene rings is 1. The number of aliphatic hydroxyl groups excluding tert-OH is 1. The molecule has 0 spiro atoms. The van der Waals surface area contributed by atoms with Crippen LogP contribution in [0.15, 0.2) is 16.8 Å². The summed E-state index contributed by atoms with van der Waals surface area (Å²) in [6.45, 7) is 6.47. The summed E-state index contributed by atoms with van der Waals surface area (Å²) in [5.74, 6) is 0. The Balaban J connectivity index is 2.38. The highest BCUT2D eigenvalue weighted by molar-refractivity contribution is 7.07. The maximum absolute atomic E-state index is 9.76. The van der Waals surface area contributed by atoms with Crippen molar-refractivity contribution in [3.8, 4) is 0 Å². The van der Waals surface area contributed by atoms with Crippen molar-refractivity contribution < 1.29 is 5.11 Å². The van der Waals surface area contributed by atoms with Crippen molar-refractivity contribution in [2.75, 3.05) is 0 Å². The molecule has 1 heterocycles. The summed E-state index contributed by atoms with van der Waals surface area (Å²) < 4.78 is 0. The smallest absolute Gasteiger partial charge is 0.0585 e. The monoisotopic (exact) mass is 198 g/mol. The third kappa shape index (κ3) is 4.44. The van der Waals surface area contributed by atoms with E-state index < -0.39 is 0 Å². The van der Waals surface area contributed by atoms with Crippen LogP contribution >= 0.6 is 11.3 Å². The highest BCUT2D eigenvalue weighted by atomic mass is 32.1. The molecule has 0 fully saturated rings. The van der Waals surface area contributed by atoms with Gasteiger partial charge in [-0.1, -0.05) is 20.8 Å². The molecule has 1 rings (SSSR count). The Morgan fingerprint density at radius 2 is 2.15 bits per heavy atom. The zero-order valence-corrected chi connectivity index (χ0v) is 9.40. The van der Waals surface area contributed by atoms with Crippen LogP contribution in [0.5, 0.6) is 0 Å². The zero-order chi connectivity index (χ0) is 9.90. The minimum atomic E-state index is -0.199. The molecule has 1 nitrogen and oxygen atoms in total. The predicted molar refractivity (Wildman–Crippen MR) is 58.1 cm³/mol. The van der Waals surface area contributed by atoms with E-state index in [0.717, 1.165) is 12.8 Å². The van der Waals surface area contributed by atoms with Crippen molar-refractivity contribution in [3.63, 3.8) is 0 Å². The zero-order valence-electron chi connectivity index (χ0n) is 8.58. The van der Waals surface area contributed by atoms with E-state index in [2.05, 4.69) is 37.6 Å². The Morgan fingerprint density at radius 1 is 1.46 bits per heavy atom. The summed E-state index contributed by atoms with van der Waals surface area (Å²) in [5.41, 5.74) is 1.47. The summed E-state index contributed by atoms with van der Waals surface area (Å²) in [7, 11) is 0. The summed E-state index contributed by atoms with van der Waals surface area (Å²) >= 11 is 1.69. The third-order valence-electron chi connectivity index (χ3n) is 1.90. The molecule has 0 radical (unpaired) electrons. The van der Waals surface area contributed by atoms with Crippen LogP contribution < -0.4 is 0 Å². The van der Waals surface area contributed by atoms with Crippen LogP contribution in [-0.2, 0) is 6.42 Å². The SMILES string of the molecule is CC(C)(C)CC(O)Cc1ccsc1. The molecule has 0 bridgehead atoms. The second-order valence-corrected chi connectivity index (χ2v) is 5.53. The van der Waals surface area contributed by atoms with E-state index in [0.29, 0.717) is 0 Å². The second kappa shape index (κ2) is 4.25. The van der Waals surface area contributed by atoms with Crippen molar-refractivity contribution in [2.24, 2.45) is 5.41 Å². The van der Waals surface area contributed by atoms with E-state index in [4.69, 9.17) is 0 Å². The van der Waals surface area contributed by atoms with Crippen LogP contribution in [0.1, 0.15) is 32.8 Å². The molecule has 0 saturated carbocycles. The normalized spacial score (nSPS) is 14.5. The highest BCUT2D eigenvalue weighted by Crippen LogP contribution is 2.22. The van der Waals surface area contributed by atoms with E-state index in [1.54, 1.807) is 11.3 Å². The minimum Gasteiger partial charge on any atom is -0.393 e. The average Bonchev–Trinajstić information content (AvgIpc) is 2.34. The lowest BCUT2D eigenvalue weighted by Gasteiger charge is -2.21. The van der Waals surface area contributed by atoms with Gasteiger partial charge in [-0.15, -0.1) is 0 Å². The van der Waals surface area contributed by atoms with E-state index in [1.165, 1.54) is 5.56 Å². The van der Waals surface area contributed by atoms with Gasteiger partial charge in [-0.3, -0.25) is 0 Å². The standard InChI is InChI=1S/C11H18OS/c1-11(2,3)7-10(12)6-9-4-5-13-8-9/h4-5,8,10,12H,6-7H2,1-3H3. The number of aliphatic hydroxyl groups is 1. The van der Waals surface area contributed by atoms with Crippen molar-refractivity contribution in [2.45, 2.75) is 39.7 Å². The summed E-state index contributed by atoms with van der Waals surface area (Å²) in [5, 5.41) is 13.9. The lowest BCUT2D eigenvalue weighted by molar-refractivity contribution is 0.121. The van der Waals surface area contributed by atoms with Gasteiger partial charge in [0.1, 0.15) is 0 Å². The van der Waals surface area contributed by atoms with Gasteiger partial charge in [0.25, 0.3) is 0 Å². The molecule has 1 aromatic heterocycles. The summed E-state index contributed by atoms with van der Waals surface area (Å²) in [6, 6.07) is 2.08. The number of hydrogen-bond acceptors (Lipinski definition) is 2. The number of rotatable bonds is 3. The van der Waals surface area contributed by atoms with Gasteiger partial charge in [0.05, 0.1) is 6.10 Å². The molecule has 1 aromatic rings. The molecule has 0 saturated heterocycles. The molecule has 74 valence electrons. The highest BCUT2D eigenvalue weighted by Gasteiger charge is 2.16. The molecular weight excluding hydrogens is 180 g/mol. The maximum Gasteiger partial charge on any atom is 0.0585 e. The van der Waals surface area contributed by atoms with Crippen LogP contribution in [0.25, 0.3) is 0 Å². The summed E-state index contributed by atoms with van der Waals surface area (Å²) in [6.07, 6.45) is 1.46. The molecular formula is C11H18OS. The van der Waals surface area contributed by atoms with Crippen LogP contribution in [-0.4, -0.2) is 11.2 Å². The van der Waals surface area contributed by atoms with E-state index in [-0.39, 0.29) is 11.5 Å². The lowest BCUT2D eigenvalue weighted by atomic mass is 9.87. The van der Waals surface area contributed by atoms with E-state index >= 15 is 0 Å². The lowest BCUT2D eigenvalue weighted by Crippen LogP contribution is -2.19. The Kier molecular flexibility index (Phi) is 3.51. The third-order valence-corrected chi connectivity index (χ3v) is 2.63. The molecule has 0 aromatic carbocycles. The maximum atomic E-state index is 9.76. The van der Waals surface area contributed by atoms with Gasteiger partial charge in [0, 0.05) is 0 Å². The largest absolute Gasteiger partial charge is 0.393 e. The fourth-order valence-corrected chi connectivity index (χ4v) is 2.14. The van der Waals surface area contributed by atoms with Crippen LogP contribution in [0.2, 0.25) is 0 Å². The molecule has 1 unspecified atom stereocenters. The van der Waals surface area contributed by atoms with Gasteiger partial charge in [-0.2, -0.15) is 11.3 Å². The first-order valence-electron chi connectivity index (χ1n) is 4.66. The van der Waals surface area contributed by atoms with Crippen LogP contribution in [0, 0.1) is 5.41 Å².